The number of benzene rings is 1. The van der Waals surface area contributed by atoms with Crippen LogP contribution in [0.2, 0.25) is 5.02 Å². The van der Waals surface area contributed by atoms with E-state index in [1.165, 1.54) is 70.2 Å². The van der Waals surface area contributed by atoms with Crippen LogP contribution in [0.1, 0.15) is 50.5 Å². The number of likely N-dealkylation sites (tertiary alicyclic amines) is 1. The molecular weight excluding hydrogens is 461 g/mol. The largest absolute Gasteiger partial charge is 0.367 e. The van der Waals surface area contributed by atoms with Crippen molar-refractivity contribution < 1.29 is 4.39 Å². The average molecular weight is 494 g/mol. The van der Waals surface area contributed by atoms with Crippen LogP contribution in [0.25, 0.3) is 11.3 Å². The number of halogens is 2. The van der Waals surface area contributed by atoms with Gasteiger partial charge in [-0.1, -0.05) is 36.2 Å². The third-order valence-electron chi connectivity index (χ3n) is 7.20. The lowest BCUT2D eigenvalue weighted by molar-refractivity contribution is 0.127. The monoisotopic (exact) mass is 493 g/mol. The minimum absolute atomic E-state index is 0.241. The van der Waals surface area contributed by atoms with Gasteiger partial charge in [0.05, 0.1) is 10.7 Å². The first-order chi connectivity index (χ1) is 17.1. The summed E-state index contributed by atoms with van der Waals surface area (Å²) in [5.41, 5.74) is 2.49. The van der Waals surface area contributed by atoms with Crippen LogP contribution in [-0.4, -0.2) is 40.0 Å². The summed E-state index contributed by atoms with van der Waals surface area (Å²) in [4.78, 5) is 12.0. The van der Waals surface area contributed by atoms with Crippen molar-refractivity contribution in [3.63, 3.8) is 0 Å². The van der Waals surface area contributed by atoms with E-state index in [-0.39, 0.29) is 5.82 Å². The van der Waals surface area contributed by atoms with Gasteiger partial charge in [-0.25, -0.2) is 14.4 Å². The molecule has 1 saturated carbocycles. The maximum atomic E-state index is 13.5. The third-order valence-corrected chi connectivity index (χ3v) is 7.50. The first kappa shape index (κ1) is 24.0. The minimum atomic E-state index is -0.241. The molecule has 0 atom stereocenters. The summed E-state index contributed by atoms with van der Waals surface area (Å²) in [6.45, 7) is 3.03. The van der Waals surface area contributed by atoms with Crippen LogP contribution < -0.4 is 10.6 Å². The average Bonchev–Trinajstić information content (AvgIpc) is 2.90. The zero-order chi connectivity index (χ0) is 24.0. The number of rotatable bonds is 7. The van der Waals surface area contributed by atoms with Gasteiger partial charge in [-0.15, -0.1) is 0 Å². The van der Waals surface area contributed by atoms with Gasteiger partial charge in [0.15, 0.2) is 0 Å². The zero-order valence-corrected chi connectivity index (χ0v) is 20.8. The maximum Gasteiger partial charge on any atom is 0.126 e. The van der Waals surface area contributed by atoms with Crippen molar-refractivity contribution >= 4 is 23.2 Å². The highest BCUT2D eigenvalue weighted by Crippen LogP contribution is 2.31. The fraction of sp³-hybridized carbons (Fsp3) is 0.429. The van der Waals surface area contributed by atoms with E-state index in [4.69, 9.17) is 16.6 Å². The number of nitrogens with one attached hydrogen (secondary N) is 2. The maximum absolute atomic E-state index is 13.5. The Labute approximate surface area is 212 Å². The lowest BCUT2D eigenvalue weighted by atomic mass is 9.89. The molecule has 3 aromatic rings. The Balaban J connectivity index is 1.22. The molecule has 0 bridgehead atoms. The van der Waals surface area contributed by atoms with Gasteiger partial charge in [-0.3, -0.25) is 0 Å². The molecule has 0 unspecified atom stereocenters. The topological polar surface area (TPSA) is 53.1 Å². The van der Waals surface area contributed by atoms with Gasteiger partial charge in [-0.2, -0.15) is 0 Å². The summed E-state index contributed by atoms with van der Waals surface area (Å²) >= 11 is 6.52. The first-order valence-corrected chi connectivity index (χ1v) is 13.1. The van der Waals surface area contributed by atoms with Gasteiger partial charge in [0.1, 0.15) is 17.5 Å². The van der Waals surface area contributed by atoms with Crippen molar-refractivity contribution in [1.82, 2.24) is 14.9 Å². The summed E-state index contributed by atoms with van der Waals surface area (Å²) in [5, 5.41) is 7.48. The van der Waals surface area contributed by atoms with Gasteiger partial charge in [0.25, 0.3) is 0 Å². The smallest absolute Gasteiger partial charge is 0.126 e. The standard InChI is InChI=1S/C28H33ClFN5/c29-25-19-32-28(33-22-10-12-23(13-11-22)35-14-2-1-3-15-35)17-24(25)26-8-5-9-27(34-26)31-18-20-6-4-7-21(30)16-20/h4-9,16-17,19,22-23H,1-3,10-15,18H2,(H,31,34)(H,32,33). The Hall–Kier alpha value is -2.70. The Bertz CT molecular complexity index is 1130. The molecule has 1 saturated heterocycles. The van der Waals surface area contributed by atoms with E-state index >= 15 is 0 Å². The lowest BCUT2D eigenvalue weighted by Gasteiger charge is -2.39. The molecule has 2 fully saturated rings. The SMILES string of the molecule is Fc1cccc(CNc2cccc(-c3cc(NC4CCC(N5CCCCC5)CC4)ncc3Cl)n2)c1. The van der Waals surface area contributed by atoms with Crippen LogP contribution in [-0.2, 0) is 6.54 Å². The van der Waals surface area contributed by atoms with Crippen molar-refractivity contribution in [2.75, 3.05) is 23.7 Å². The predicted molar refractivity (Wildman–Crippen MR) is 141 cm³/mol. The van der Waals surface area contributed by atoms with E-state index in [0.717, 1.165) is 28.7 Å². The number of pyridine rings is 2. The number of aromatic nitrogens is 2. The quantitative estimate of drug-likeness (QED) is 0.381. The Morgan fingerprint density at radius 3 is 2.54 bits per heavy atom. The number of hydrogen-bond donors (Lipinski definition) is 2. The third kappa shape index (κ3) is 6.30. The number of anilines is 2. The number of nitrogens with zero attached hydrogens (tertiary/aromatic N) is 3. The molecule has 0 amide bonds. The highest BCUT2D eigenvalue weighted by molar-refractivity contribution is 6.33. The van der Waals surface area contributed by atoms with Crippen molar-refractivity contribution in [2.24, 2.45) is 0 Å². The molecular formula is C28H33ClFN5. The molecule has 5 nitrogen and oxygen atoms in total. The van der Waals surface area contributed by atoms with E-state index in [0.29, 0.717) is 23.4 Å². The van der Waals surface area contributed by atoms with E-state index in [9.17, 15) is 4.39 Å². The van der Waals surface area contributed by atoms with Gasteiger partial charge in [0, 0.05) is 30.4 Å². The zero-order valence-electron chi connectivity index (χ0n) is 20.0. The summed E-state index contributed by atoms with van der Waals surface area (Å²) < 4.78 is 13.5. The molecule has 0 spiro atoms. The number of piperidine rings is 1. The van der Waals surface area contributed by atoms with E-state index in [1.54, 1.807) is 12.3 Å². The molecule has 184 valence electrons. The van der Waals surface area contributed by atoms with Gasteiger partial charge < -0.3 is 15.5 Å². The molecule has 3 heterocycles. The van der Waals surface area contributed by atoms with Crippen molar-refractivity contribution in [3.8, 4) is 11.3 Å². The molecule has 2 aromatic heterocycles. The second-order valence-electron chi connectivity index (χ2n) is 9.69. The van der Waals surface area contributed by atoms with Gasteiger partial charge in [0.2, 0.25) is 0 Å². The Kier molecular flexibility index (Phi) is 7.79. The number of hydrogen-bond acceptors (Lipinski definition) is 5. The lowest BCUT2D eigenvalue weighted by Crippen LogP contribution is -2.43. The van der Waals surface area contributed by atoms with Crippen LogP contribution in [0.3, 0.4) is 0 Å². The molecule has 0 radical (unpaired) electrons. The van der Waals surface area contributed by atoms with Crippen molar-refractivity contribution in [3.05, 3.63) is 71.1 Å². The van der Waals surface area contributed by atoms with Gasteiger partial charge in [-0.05, 0) is 87.5 Å². The minimum Gasteiger partial charge on any atom is -0.367 e. The predicted octanol–water partition coefficient (Wildman–Crippen LogP) is 6.76. The molecule has 7 heteroatoms. The van der Waals surface area contributed by atoms with Crippen molar-refractivity contribution in [1.29, 1.82) is 0 Å². The van der Waals surface area contributed by atoms with Crippen LogP contribution in [0.5, 0.6) is 0 Å². The highest BCUT2D eigenvalue weighted by Gasteiger charge is 2.26. The van der Waals surface area contributed by atoms with Gasteiger partial charge >= 0.3 is 0 Å². The van der Waals surface area contributed by atoms with Crippen LogP contribution in [0.4, 0.5) is 16.0 Å². The summed E-state index contributed by atoms with van der Waals surface area (Å²) in [6.07, 6.45) is 10.6. The Morgan fingerprint density at radius 1 is 0.943 bits per heavy atom. The summed E-state index contributed by atoms with van der Waals surface area (Å²) in [6, 6.07) is 15.5. The van der Waals surface area contributed by atoms with E-state index in [1.807, 2.05) is 30.3 Å². The normalized spacial score (nSPS) is 21.0. The second-order valence-corrected chi connectivity index (χ2v) is 10.1. The highest BCUT2D eigenvalue weighted by atomic mass is 35.5. The second kappa shape index (κ2) is 11.4. The van der Waals surface area contributed by atoms with Crippen LogP contribution >= 0.6 is 11.6 Å². The fourth-order valence-corrected chi connectivity index (χ4v) is 5.51. The molecule has 1 aliphatic heterocycles. The van der Waals surface area contributed by atoms with E-state index in [2.05, 4.69) is 20.5 Å². The molecule has 2 N–H and O–H groups in total. The molecule has 5 rings (SSSR count). The molecule has 35 heavy (non-hydrogen) atoms. The molecule has 1 aliphatic carbocycles. The van der Waals surface area contributed by atoms with Crippen molar-refractivity contribution in [2.45, 2.75) is 63.6 Å². The molecule has 1 aromatic carbocycles. The fourth-order valence-electron chi connectivity index (χ4n) is 5.31. The summed E-state index contributed by atoms with van der Waals surface area (Å²) in [7, 11) is 0. The van der Waals surface area contributed by atoms with Crippen LogP contribution in [0, 0.1) is 5.82 Å². The van der Waals surface area contributed by atoms with E-state index < -0.39 is 0 Å². The molecule has 2 aliphatic rings. The first-order valence-electron chi connectivity index (χ1n) is 12.8. The summed E-state index contributed by atoms with van der Waals surface area (Å²) in [5.74, 6) is 1.31. The van der Waals surface area contributed by atoms with Crippen LogP contribution in [0.15, 0.2) is 54.7 Å². The Morgan fingerprint density at radius 2 is 1.74 bits per heavy atom.